The maximum atomic E-state index is 5.80. The van der Waals surface area contributed by atoms with E-state index < -0.39 is 0 Å². The van der Waals surface area contributed by atoms with Crippen LogP contribution in [-0.4, -0.2) is 4.98 Å². The number of hydrogen-bond acceptors (Lipinski definition) is 2. The van der Waals surface area contributed by atoms with Gasteiger partial charge in [-0.2, -0.15) is 0 Å². The Labute approximate surface area is 86.0 Å². The molecule has 0 N–H and O–H groups in total. The Kier molecular flexibility index (Phi) is 2.34. The lowest BCUT2D eigenvalue weighted by atomic mass is 10.2. The summed E-state index contributed by atoms with van der Waals surface area (Å²) in [6, 6.07) is 8.27. The van der Waals surface area contributed by atoms with Crippen LogP contribution in [0.3, 0.4) is 0 Å². The van der Waals surface area contributed by atoms with Gasteiger partial charge in [0.1, 0.15) is 9.34 Å². The van der Waals surface area contributed by atoms with Crippen LogP contribution in [0.2, 0.25) is 4.34 Å². The molecule has 1 aromatic carbocycles. The lowest BCUT2D eigenvalue weighted by molar-refractivity contribution is 1.40. The van der Waals surface area contributed by atoms with Crippen LogP contribution in [0.5, 0.6) is 0 Å². The first kappa shape index (κ1) is 8.73. The van der Waals surface area contributed by atoms with Crippen LogP contribution in [0, 0.1) is 6.92 Å². The Morgan fingerprint density at radius 3 is 2.46 bits per heavy atom. The zero-order valence-electron chi connectivity index (χ0n) is 7.12. The Morgan fingerprint density at radius 1 is 1.23 bits per heavy atom. The SMILES string of the molecule is Cc1ccc(-c2ncc(Cl)s2)cc1. The fraction of sp³-hybridized carbons (Fsp3) is 0.100. The van der Waals surface area contributed by atoms with Gasteiger partial charge < -0.3 is 0 Å². The first-order chi connectivity index (χ1) is 6.25. The van der Waals surface area contributed by atoms with Gasteiger partial charge in [-0.15, -0.1) is 11.3 Å². The van der Waals surface area contributed by atoms with E-state index in [4.69, 9.17) is 11.6 Å². The van der Waals surface area contributed by atoms with Gasteiger partial charge in [0.25, 0.3) is 0 Å². The fourth-order valence-electron chi connectivity index (χ4n) is 1.08. The molecule has 3 heteroatoms. The molecular formula is C10H8ClNS. The van der Waals surface area contributed by atoms with Crippen molar-refractivity contribution in [1.29, 1.82) is 0 Å². The topological polar surface area (TPSA) is 12.9 Å². The summed E-state index contributed by atoms with van der Waals surface area (Å²) in [7, 11) is 0. The Hall–Kier alpha value is -0.860. The van der Waals surface area contributed by atoms with E-state index in [9.17, 15) is 0 Å². The number of aryl methyl sites for hydroxylation is 1. The van der Waals surface area contributed by atoms with Crippen molar-refractivity contribution in [2.75, 3.05) is 0 Å². The van der Waals surface area contributed by atoms with Crippen LogP contribution in [0.15, 0.2) is 30.5 Å². The monoisotopic (exact) mass is 209 g/mol. The van der Waals surface area contributed by atoms with Crippen molar-refractivity contribution in [2.24, 2.45) is 0 Å². The largest absolute Gasteiger partial charge is 0.243 e. The molecule has 13 heavy (non-hydrogen) atoms. The maximum Gasteiger partial charge on any atom is 0.124 e. The fourth-order valence-corrected chi connectivity index (χ4v) is 2.00. The molecular weight excluding hydrogens is 202 g/mol. The van der Waals surface area contributed by atoms with Crippen molar-refractivity contribution in [3.8, 4) is 10.6 Å². The van der Waals surface area contributed by atoms with E-state index >= 15 is 0 Å². The van der Waals surface area contributed by atoms with Gasteiger partial charge in [-0.3, -0.25) is 0 Å². The van der Waals surface area contributed by atoms with Gasteiger partial charge in [0.05, 0.1) is 6.20 Å². The van der Waals surface area contributed by atoms with Crippen molar-refractivity contribution < 1.29 is 0 Å². The summed E-state index contributed by atoms with van der Waals surface area (Å²) < 4.78 is 0.732. The molecule has 2 rings (SSSR count). The minimum absolute atomic E-state index is 0.732. The van der Waals surface area contributed by atoms with E-state index in [1.54, 1.807) is 6.20 Å². The molecule has 0 saturated carbocycles. The third-order valence-corrected chi connectivity index (χ3v) is 2.94. The van der Waals surface area contributed by atoms with E-state index in [0.29, 0.717) is 0 Å². The first-order valence-electron chi connectivity index (χ1n) is 3.94. The lowest BCUT2D eigenvalue weighted by Gasteiger charge is -1.95. The third kappa shape index (κ3) is 1.90. The second kappa shape index (κ2) is 3.48. The minimum Gasteiger partial charge on any atom is -0.243 e. The molecule has 1 aromatic heterocycles. The van der Waals surface area contributed by atoms with Gasteiger partial charge in [0, 0.05) is 5.56 Å². The zero-order chi connectivity index (χ0) is 9.26. The molecule has 0 unspecified atom stereocenters. The van der Waals surface area contributed by atoms with Gasteiger partial charge in [-0.25, -0.2) is 4.98 Å². The van der Waals surface area contributed by atoms with Crippen LogP contribution >= 0.6 is 22.9 Å². The van der Waals surface area contributed by atoms with Crippen molar-refractivity contribution in [3.63, 3.8) is 0 Å². The number of hydrogen-bond donors (Lipinski definition) is 0. The predicted octanol–water partition coefficient (Wildman–Crippen LogP) is 3.77. The highest BCUT2D eigenvalue weighted by Gasteiger charge is 2.01. The van der Waals surface area contributed by atoms with Gasteiger partial charge in [-0.1, -0.05) is 41.4 Å². The Morgan fingerprint density at radius 2 is 1.92 bits per heavy atom. The summed E-state index contributed by atoms with van der Waals surface area (Å²) in [6.07, 6.45) is 1.68. The van der Waals surface area contributed by atoms with E-state index in [-0.39, 0.29) is 0 Å². The lowest BCUT2D eigenvalue weighted by Crippen LogP contribution is -1.75. The summed E-state index contributed by atoms with van der Waals surface area (Å²) in [4.78, 5) is 4.20. The summed E-state index contributed by atoms with van der Waals surface area (Å²) in [6.45, 7) is 2.07. The Balaban J connectivity index is 2.41. The molecule has 0 fully saturated rings. The molecule has 0 spiro atoms. The number of rotatable bonds is 1. The zero-order valence-corrected chi connectivity index (χ0v) is 8.69. The van der Waals surface area contributed by atoms with E-state index in [1.165, 1.54) is 16.9 Å². The molecule has 2 aromatic rings. The number of thiazole rings is 1. The second-order valence-corrected chi connectivity index (χ2v) is 4.50. The summed E-state index contributed by atoms with van der Waals surface area (Å²) >= 11 is 7.30. The molecule has 0 bridgehead atoms. The minimum atomic E-state index is 0.732. The van der Waals surface area contributed by atoms with Gasteiger partial charge in [-0.05, 0) is 6.92 Å². The number of nitrogens with zero attached hydrogens (tertiary/aromatic N) is 1. The summed E-state index contributed by atoms with van der Waals surface area (Å²) in [5, 5.41) is 0.977. The quantitative estimate of drug-likeness (QED) is 0.697. The van der Waals surface area contributed by atoms with Gasteiger partial charge in [0.15, 0.2) is 0 Å². The van der Waals surface area contributed by atoms with Crippen molar-refractivity contribution >= 4 is 22.9 Å². The molecule has 1 nitrogen and oxygen atoms in total. The standard InChI is InChI=1S/C10H8ClNS/c1-7-2-4-8(5-3-7)10-12-6-9(11)13-10/h2-6H,1H3. The van der Waals surface area contributed by atoms with Crippen LogP contribution in [0.1, 0.15) is 5.56 Å². The summed E-state index contributed by atoms with van der Waals surface area (Å²) in [5.41, 5.74) is 2.38. The molecule has 0 saturated heterocycles. The normalized spacial score (nSPS) is 10.3. The molecule has 0 amide bonds. The van der Waals surface area contributed by atoms with Crippen molar-refractivity contribution in [2.45, 2.75) is 6.92 Å². The highest BCUT2D eigenvalue weighted by Crippen LogP contribution is 2.27. The number of aromatic nitrogens is 1. The number of benzene rings is 1. The molecule has 1 heterocycles. The Bertz CT molecular complexity index is 405. The highest BCUT2D eigenvalue weighted by atomic mass is 35.5. The molecule has 0 aliphatic heterocycles. The second-order valence-electron chi connectivity index (χ2n) is 2.84. The molecule has 66 valence electrons. The molecule has 0 aliphatic rings. The predicted molar refractivity (Wildman–Crippen MR) is 57.3 cm³/mol. The smallest absolute Gasteiger partial charge is 0.124 e. The molecule has 0 atom stereocenters. The average Bonchev–Trinajstić information content (AvgIpc) is 2.53. The van der Waals surface area contributed by atoms with Crippen molar-refractivity contribution in [1.82, 2.24) is 4.98 Å². The summed E-state index contributed by atoms with van der Waals surface area (Å²) in [5.74, 6) is 0. The van der Waals surface area contributed by atoms with Gasteiger partial charge in [0.2, 0.25) is 0 Å². The molecule has 0 radical (unpaired) electrons. The maximum absolute atomic E-state index is 5.80. The van der Waals surface area contributed by atoms with Crippen LogP contribution in [0.25, 0.3) is 10.6 Å². The highest BCUT2D eigenvalue weighted by molar-refractivity contribution is 7.18. The van der Waals surface area contributed by atoms with E-state index in [1.807, 2.05) is 0 Å². The van der Waals surface area contributed by atoms with E-state index in [2.05, 4.69) is 36.2 Å². The molecule has 0 aliphatic carbocycles. The number of halogens is 1. The van der Waals surface area contributed by atoms with Crippen LogP contribution in [0.4, 0.5) is 0 Å². The van der Waals surface area contributed by atoms with E-state index in [0.717, 1.165) is 14.9 Å². The average molecular weight is 210 g/mol. The van der Waals surface area contributed by atoms with Gasteiger partial charge >= 0.3 is 0 Å². The van der Waals surface area contributed by atoms with Crippen LogP contribution in [-0.2, 0) is 0 Å². The van der Waals surface area contributed by atoms with Crippen LogP contribution < -0.4 is 0 Å². The first-order valence-corrected chi connectivity index (χ1v) is 5.13. The van der Waals surface area contributed by atoms with Crippen molar-refractivity contribution in [3.05, 3.63) is 40.4 Å². The third-order valence-electron chi connectivity index (χ3n) is 1.78.